The number of amidine groups is 1. The van der Waals surface area contributed by atoms with Crippen LogP contribution in [-0.2, 0) is 0 Å². The van der Waals surface area contributed by atoms with E-state index in [9.17, 15) is 0 Å². The number of anilines is 2. The van der Waals surface area contributed by atoms with Crippen LogP contribution in [0.5, 0.6) is 0 Å². The number of allylic oxidation sites excluding steroid dienone is 2. The van der Waals surface area contributed by atoms with E-state index in [1.165, 1.54) is 16.3 Å². The van der Waals surface area contributed by atoms with E-state index in [1.807, 2.05) is 18.2 Å². The molecule has 2 heterocycles. The molecule has 2 unspecified atom stereocenters. The summed E-state index contributed by atoms with van der Waals surface area (Å²) in [5.74, 6) is 1.85. The van der Waals surface area contributed by atoms with Crippen molar-refractivity contribution < 1.29 is 0 Å². The molecule has 1 aromatic heterocycles. The zero-order chi connectivity index (χ0) is 35.3. The predicted molar refractivity (Wildman–Crippen MR) is 221 cm³/mol. The van der Waals surface area contributed by atoms with Crippen molar-refractivity contribution >= 4 is 39.0 Å². The molecule has 0 saturated carbocycles. The second-order valence-corrected chi connectivity index (χ2v) is 13.6. The minimum Gasteiger partial charge on any atom is -0.399 e. The number of imidazole rings is 1. The topological polar surface area (TPSA) is 59.4 Å². The van der Waals surface area contributed by atoms with Gasteiger partial charge in [-0.1, -0.05) is 146 Å². The number of nitrogens with zero attached hydrogens (tertiary/aromatic N) is 4. The highest BCUT2D eigenvalue weighted by Gasteiger charge is 2.36. The van der Waals surface area contributed by atoms with Gasteiger partial charge in [0.25, 0.3) is 0 Å². The fourth-order valence-electron chi connectivity index (χ4n) is 7.94. The summed E-state index contributed by atoms with van der Waals surface area (Å²) < 4.78 is 2.31. The monoisotopic (exact) mass is 681 g/mol. The minimum absolute atomic E-state index is 0.00211. The molecule has 1 aliphatic heterocycles. The van der Waals surface area contributed by atoms with Crippen LogP contribution in [0.2, 0.25) is 0 Å². The number of fused-ring (bicyclic) bond motifs is 3. The zero-order valence-electron chi connectivity index (χ0n) is 28.9. The number of hydrogen-bond acceptors (Lipinski definition) is 4. The van der Waals surface area contributed by atoms with Crippen molar-refractivity contribution in [2.24, 2.45) is 4.99 Å². The Morgan fingerprint density at radius 2 is 1.25 bits per heavy atom. The summed E-state index contributed by atoms with van der Waals surface area (Å²) in [6, 6.07) is 57.8. The van der Waals surface area contributed by atoms with Gasteiger partial charge < -0.3 is 10.6 Å². The Morgan fingerprint density at radius 1 is 0.547 bits per heavy atom. The fraction of sp³-hybridized carbons (Fsp3) is 0.0417. The molecule has 2 atom stereocenters. The number of nitrogen functional groups attached to an aromatic ring is 1. The summed E-state index contributed by atoms with van der Waals surface area (Å²) in [7, 11) is 0. The second-order valence-electron chi connectivity index (χ2n) is 13.6. The Kier molecular flexibility index (Phi) is 7.36. The molecule has 0 radical (unpaired) electrons. The van der Waals surface area contributed by atoms with E-state index in [1.54, 1.807) is 0 Å². The standard InChI is InChI=1S/C48H35N5/c49-37-26-23-33(24-27-37)46-40-18-8-7-13-32(40)25-28-41(46)36-29-38(52-44-21-11-9-19-42(44)50-47(52)34-14-3-1-4-15-34)31-39(30-36)53-45-22-12-10-20-43(45)51-48(53)35-16-5-2-6-17-35/h1-31,42,44H,49H2. The Balaban J connectivity index is 1.28. The summed E-state index contributed by atoms with van der Waals surface area (Å²) in [6.45, 7) is 0. The first-order valence-electron chi connectivity index (χ1n) is 18.0. The molecule has 7 aromatic carbocycles. The van der Waals surface area contributed by atoms with Gasteiger partial charge in [0.05, 0.1) is 28.8 Å². The van der Waals surface area contributed by atoms with Gasteiger partial charge in [0.15, 0.2) is 0 Å². The maximum atomic E-state index is 6.22. The second kappa shape index (κ2) is 12.7. The maximum absolute atomic E-state index is 6.22. The molecule has 0 spiro atoms. The molecule has 2 N–H and O–H groups in total. The summed E-state index contributed by atoms with van der Waals surface area (Å²) in [4.78, 5) is 13.0. The number of para-hydroxylation sites is 2. The lowest BCUT2D eigenvalue weighted by molar-refractivity contribution is 0.739. The first-order valence-corrected chi connectivity index (χ1v) is 18.0. The number of rotatable bonds is 6. The highest BCUT2D eigenvalue weighted by molar-refractivity contribution is 6.13. The van der Waals surface area contributed by atoms with E-state index in [0.717, 1.165) is 67.6 Å². The predicted octanol–water partition coefficient (Wildman–Crippen LogP) is 10.9. The van der Waals surface area contributed by atoms with Gasteiger partial charge in [-0.3, -0.25) is 9.56 Å². The smallest absolute Gasteiger partial charge is 0.145 e. The Hall–Kier alpha value is -6.98. The molecule has 2 aliphatic rings. The van der Waals surface area contributed by atoms with Crippen LogP contribution >= 0.6 is 0 Å². The van der Waals surface area contributed by atoms with Crippen LogP contribution in [-0.4, -0.2) is 27.5 Å². The Bertz CT molecular complexity index is 2740. The van der Waals surface area contributed by atoms with Gasteiger partial charge in [0, 0.05) is 22.5 Å². The lowest BCUT2D eigenvalue weighted by Gasteiger charge is -2.30. The molecule has 0 fully saturated rings. The molecule has 0 amide bonds. The third-order valence-corrected chi connectivity index (χ3v) is 10.4. The highest BCUT2D eigenvalue weighted by atomic mass is 15.3. The summed E-state index contributed by atoms with van der Waals surface area (Å²) in [5.41, 5.74) is 17.7. The van der Waals surface area contributed by atoms with E-state index >= 15 is 0 Å². The van der Waals surface area contributed by atoms with Gasteiger partial charge >= 0.3 is 0 Å². The first-order chi connectivity index (χ1) is 26.2. The Morgan fingerprint density at radius 3 is 2.08 bits per heavy atom. The number of hydrogen-bond donors (Lipinski definition) is 1. The van der Waals surface area contributed by atoms with Gasteiger partial charge in [0.2, 0.25) is 0 Å². The molecule has 10 rings (SSSR count). The zero-order valence-corrected chi connectivity index (χ0v) is 28.9. The van der Waals surface area contributed by atoms with Crippen molar-refractivity contribution in [3.05, 3.63) is 194 Å². The van der Waals surface area contributed by atoms with Crippen molar-refractivity contribution in [1.29, 1.82) is 0 Å². The lowest BCUT2D eigenvalue weighted by atomic mass is 9.89. The molecular weight excluding hydrogens is 647 g/mol. The summed E-state index contributed by atoms with van der Waals surface area (Å²) >= 11 is 0. The van der Waals surface area contributed by atoms with E-state index in [2.05, 4.69) is 179 Å². The summed E-state index contributed by atoms with van der Waals surface area (Å²) in [6.07, 6.45) is 8.73. The van der Waals surface area contributed by atoms with Gasteiger partial charge in [0.1, 0.15) is 11.7 Å². The molecule has 8 aromatic rings. The lowest BCUT2D eigenvalue weighted by Crippen LogP contribution is -2.39. The molecule has 252 valence electrons. The highest BCUT2D eigenvalue weighted by Crippen LogP contribution is 2.43. The molecule has 53 heavy (non-hydrogen) atoms. The van der Waals surface area contributed by atoms with Crippen molar-refractivity contribution in [2.45, 2.75) is 12.1 Å². The quantitative estimate of drug-likeness (QED) is 0.178. The largest absolute Gasteiger partial charge is 0.399 e. The van der Waals surface area contributed by atoms with Gasteiger partial charge in [-0.2, -0.15) is 0 Å². The number of aromatic nitrogens is 2. The molecular formula is C48H35N5. The van der Waals surface area contributed by atoms with Crippen LogP contribution in [0, 0.1) is 0 Å². The van der Waals surface area contributed by atoms with Crippen molar-refractivity contribution in [1.82, 2.24) is 9.55 Å². The van der Waals surface area contributed by atoms with Gasteiger partial charge in [-0.25, -0.2) is 4.98 Å². The van der Waals surface area contributed by atoms with Crippen LogP contribution < -0.4 is 10.6 Å². The Labute approximate surface area is 308 Å². The number of aliphatic imine (C=N–C) groups is 1. The normalized spacial score (nSPS) is 16.3. The van der Waals surface area contributed by atoms with E-state index in [-0.39, 0.29) is 12.1 Å². The van der Waals surface area contributed by atoms with Crippen LogP contribution in [0.25, 0.3) is 61.1 Å². The first kappa shape index (κ1) is 30.8. The van der Waals surface area contributed by atoms with Crippen molar-refractivity contribution in [2.75, 3.05) is 10.6 Å². The molecule has 5 nitrogen and oxygen atoms in total. The average molecular weight is 682 g/mol. The number of benzene rings is 7. The molecule has 0 bridgehead atoms. The van der Waals surface area contributed by atoms with Crippen LogP contribution in [0.3, 0.4) is 0 Å². The van der Waals surface area contributed by atoms with Crippen molar-refractivity contribution in [3.8, 4) is 39.3 Å². The van der Waals surface area contributed by atoms with Crippen LogP contribution in [0.15, 0.2) is 193 Å². The van der Waals surface area contributed by atoms with Gasteiger partial charge in [-0.15, -0.1) is 0 Å². The van der Waals surface area contributed by atoms with E-state index < -0.39 is 0 Å². The minimum atomic E-state index is 0.00211. The van der Waals surface area contributed by atoms with Crippen molar-refractivity contribution in [3.63, 3.8) is 0 Å². The van der Waals surface area contributed by atoms with E-state index in [0.29, 0.717) is 0 Å². The fourth-order valence-corrected chi connectivity index (χ4v) is 7.94. The molecule has 5 heteroatoms. The van der Waals surface area contributed by atoms with Crippen LogP contribution in [0.4, 0.5) is 11.4 Å². The average Bonchev–Trinajstić information content (AvgIpc) is 3.81. The SMILES string of the molecule is Nc1ccc(-c2c(-c3cc(N4C(c5ccccc5)=NC5C=CC=CC54)cc(-n4c(-c5ccccc5)nc5ccccc54)c3)ccc3ccccc23)cc1. The number of nitrogens with two attached hydrogens (primary N) is 1. The third-order valence-electron chi connectivity index (χ3n) is 10.4. The summed E-state index contributed by atoms with van der Waals surface area (Å²) in [5, 5.41) is 2.37. The third kappa shape index (κ3) is 5.33. The van der Waals surface area contributed by atoms with Gasteiger partial charge in [-0.05, 0) is 75.5 Å². The molecule has 0 saturated heterocycles. The van der Waals surface area contributed by atoms with Crippen LogP contribution in [0.1, 0.15) is 5.56 Å². The van der Waals surface area contributed by atoms with E-state index in [4.69, 9.17) is 15.7 Å². The maximum Gasteiger partial charge on any atom is 0.145 e. The molecule has 1 aliphatic carbocycles.